The molecule has 3 N–H and O–H groups in total. The number of aliphatic hydroxyl groups excluding tert-OH is 2. The number of aromatic amines is 1. The van der Waals surface area contributed by atoms with E-state index in [-0.39, 0.29) is 13.2 Å². The highest BCUT2D eigenvalue weighted by Gasteiger charge is 2.10. The van der Waals surface area contributed by atoms with Gasteiger partial charge < -0.3 is 15.2 Å². The summed E-state index contributed by atoms with van der Waals surface area (Å²) in [5.41, 5.74) is 2.99. The lowest BCUT2D eigenvalue weighted by Gasteiger charge is -2.02. The Morgan fingerprint density at radius 3 is 2.65 bits per heavy atom. The van der Waals surface area contributed by atoms with Crippen molar-refractivity contribution in [3.8, 4) is 0 Å². The normalized spacial score (nSPS) is 11.4. The lowest BCUT2D eigenvalue weighted by Crippen LogP contribution is -1.96. The maximum absolute atomic E-state index is 9.32. The van der Waals surface area contributed by atoms with Gasteiger partial charge in [-0.05, 0) is 12.1 Å². The van der Waals surface area contributed by atoms with Crippen molar-refractivity contribution < 1.29 is 10.2 Å². The van der Waals surface area contributed by atoms with Crippen molar-refractivity contribution in [1.82, 2.24) is 9.97 Å². The Labute approximate surface area is 97.5 Å². The van der Waals surface area contributed by atoms with E-state index in [9.17, 15) is 10.2 Å². The quantitative estimate of drug-likeness (QED) is 0.625. The summed E-state index contributed by atoms with van der Waals surface area (Å²) >= 11 is 0. The molecule has 3 aromatic rings. The molecular weight excluding hydrogens is 216 g/mol. The van der Waals surface area contributed by atoms with Crippen molar-refractivity contribution in [3.05, 3.63) is 41.7 Å². The van der Waals surface area contributed by atoms with E-state index in [0.717, 1.165) is 21.8 Å². The molecule has 2 heterocycles. The Kier molecular flexibility index (Phi) is 2.31. The number of nitrogens with one attached hydrogen (secondary N) is 1. The van der Waals surface area contributed by atoms with Crippen LogP contribution in [-0.4, -0.2) is 20.2 Å². The molecule has 17 heavy (non-hydrogen) atoms. The summed E-state index contributed by atoms with van der Waals surface area (Å²) in [6, 6.07) is 9.77. The summed E-state index contributed by atoms with van der Waals surface area (Å²) in [5, 5.41) is 20.6. The summed E-state index contributed by atoms with van der Waals surface area (Å²) in [7, 11) is 0. The van der Waals surface area contributed by atoms with Crippen LogP contribution in [0.15, 0.2) is 30.3 Å². The highest BCUT2D eigenvalue weighted by Crippen LogP contribution is 2.27. The third-order valence-corrected chi connectivity index (χ3v) is 2.94. The van der Waals surface area contributed by atoms with E-state index in [1.807, 2.05) is 30.3 Å². The Bertz CT molecular complexity index is 688. The van der Waals surface area contributed by atoms with Gasteiger partial charge >= 0.3 is 0 Å². The van der Waals surface area contributed by atoms with E-state index in [1.54, 1.807) is 0 Å². The van der Waals surface area contributed by atoms with Gasteiger partial charge in [-0.2, -0.15) is 0 Å². The second-order valence-electron chi connectivity index (χ2n) is 3.97. The van der Waals surface area contributed by atoms with Crippen LogP contribution < -0.4 is 0 Å². The van der Waals surface area contributed by atoms with Gasteiger partial charge in [-0.1, -0.05) is 18.2 Å². The predicted octanol–water partition coefficient (Wildman–Crippen LogP) is 1.70. The van der Waals surface area contributed by atoms with Crippen LogP contribution in [0.1, 0.15) is 11.4 Å². The number of nitrogens with zero attached hydrogens (tertiary/aromatic N) is 1. The Hall–Kier alpha value is -1.91. The van der Waals surface area contributed by atoms with Crippen molar-refractivity contribution in [2.24, 2.45) is 0 Å². The SMILES string of the molecule is OCc1cc2c([nH]c3ccccc32)c(CO)n1. The van der Waals surface area contributed by atoms with E-state index in [2.05, 4.69) is 9.97 Å². The summed E-state index contributed by atoms with van der Waals surface area (Å²) in [5.74, 6) is 0. The van der Waals surface area contributed by atoms with Crippen molar-refractivity contribution in [2.45, 2.75) is 13.2 Å². The Morgan fingerprint density at radius 2 is 1.88 bits per heavy atom. The maximum atomic E-state index is 9.32. The van der Waals surface area contributed by atoms with Crippen LogP contribution in [-0.2, 0) is 13.2 Å². The van der Waals surface area contributed by atoms with Gasteiger partial charge in [0.25, 0.3) is 0 Å². The Morgan fingerprint density at radius 1 is 1.06 bits per heavy atom. The van der Waals surface area contributed by atoms with Gasteiger partial charge in [0.05, 0.1) is 30.1 Å². The van der Waals surface area contributed by atoms with Gasteiger partial charge in [0.2, 0.25) is 0 Å². The maximum Gasteiger partial charge on any atom is 0.0903 e. The average molecular weight is 228 g/mol. The summed E-state index contributed by atoms with van der Waals surface area (Å²) < 4.78 is 0. The van der Waals surface area contributed by atoms with E-state index in [1.165, 1.54) is 0 Å². The summed E-state index contributed by atoms with van der Waals surface area (Å²) in [6.45, 7) is -0.264. The standard InChI is InChI=1S/C13H12N2O2/c16-6-8-5-10-9-3-1-2-4-11(9)15-13(10)12(7-17)14-8/h1-5,15-17H,6-7H2. The van der Waals surface area contributed by atoms with Gasteiger partial charge in [-0.3, -0.25) is 4.98 Å². The lowest BCUT2D eigenvalue weighted by atomic mass is 10.1. The number of benzene rings is 1. The summed E-state index contributed by atoms with van der Waals surface area (Å²) in [6.07, 6.45) is 0. The molecule has 0 spiro atoms. The molecule has 0 aliphatic heterocycles. The van der Waals surface area contributed by atoms with Crippen LogP contribution in [0.25, 0.3) is 21.8 Å². The summed E-state index contributed by atoms with van der Waals surface area (Å²) in [4.78, 5) is 7.45. The molecule has 0 atom stereocenters. The predicted molar refractivity (Wildman–Crippen MR) is 65.4 cm³/mol. The van der Waals surface area contributed by atoms with Crippen molar-refractivity contribution in [3.63, 3.8) is 0 Å². The van der Waals surface area contributed by atoms with Crippen LogP contribution >= 0.6 is 0 Å². The smallest absolute Gasteiger partial charge is 0.0903 e. The molecule has 0 saturated carbocycles. The van der Waals surface area contributed by atoms with Crippen molar-refractivity contribution >= 4 is 21.8 Å². The van der Waals surface area contributed by atoms with Gasteiger partial charge in [0.1, 0.15) is 0 Å². The number of hydrogen-bond donors (Lipinski definition) is 3. The van der Waals surface area contributed by atoms with E-state index >= 15 is 0 Å². The molecule has 2 aromatic heterocycles. The fraction of sp³-hybridized carbons (Fsp3) is 0.154. The second-order valence-corrected chi connectivity index (χ2v) is 3.97. The van der Waals surface area contributed by atoms with E-state index < -0.39 is 0 Å². The lowest BCUT2D eigenvalue weighted by molar-refractivity contribution is 0.267. The molecule has 4 nitrogen and oxygen atoms in total. The molecule has 0 aliphatic carbocycles. The second kappa shape index (κ2) is 3.84. The molecule has 1 aromatic carbocycles. The third kappa shape index (κ3) is 1.50. The highest BCUT2D eigenvalue weighted by molar-refractivity contribution is 6.07. The van der Waals surface area contributed by atoms with Crippen LogP contribution in [0, 0.1) is 0 Å². The molecular formula is C13H12N2O2. The van der Waals surface area contributed by atoms with Crippen LogP contribution in [0.5, 0.6) is 0 Å². The number of aromatic nitrogens is 2. The highest BCUT2D eigenvalue weighted by atomic mass is 16.3. The molecule has 0 amide bonds. The largest absolute Gasteiger partial charge is 0.390 e. The van der Waals surface area contributed by atoms with E-state index in [0.29, 0.717) is 11.4 Å². The zero-order chi connectivity index (χ0) is 11.8. The molecule has 0 aliphatic rings. The number of rotatable bonds is 2. The number of fused-ring (bicyclic) bond motifs is 3. The van der Waals surface area contributed by atoms with Gasteiger partial charge in [-0.25, -0.2) is 0 Å². The van der Waals surface area contributed by atoms with Crippen LogP contribution in [0.2, 0.25) is 0 Å². The average Bonchev–Trinajstić information content (AvgIpc) is 2.76. The van der Waals surface area contributed by atoms with Gasteiger partial charge in [0.15, 0.2) is 0 Å². The minimum absolute atomic E-state index is 0.123. The number of aliphatic hydroxyl groups is 2. The third-order valence-electron chi connectivity index (χ3n) is 2.94. The van der Waals surface area contributed by atoms with Gasteiger partial charge in [0, 0.05) is 16.3 Å². The first-order valence-corrected chi connectivity index (χ1v) is 5.44. The molecule has 0 saturated heterocycles. The van der Waals surface area contributed by atoms with Crippen molar-refractivity contribution in [1.29, 1.82) is 0 Å². The molecule has 3 rings (SSSR count). The first kappa shape index (κ1) is 10.3. The molecule has 0 fully saturated rings. The monoisotopic (exact) mass is 228 g/mol. The van der Waals surface area contributed by atoms with Crippen LogP contribution in [0.3, 0.4) is 0 Å². The minimum Gasteiger partial charge on any atom is -0.390 e. The van der Waals surface area contributed by atoms with Crippen LogP contribution in [0.4, 0.5) is 0 Å². The minimum atomic E-state index is -0.142. The zero-order valence-corrected chi connectivity index (χ0v) is 9.14. The number of para-hydroxylation sites is 1. The molecule has 0 bridgehead atoms. The molecule has 4 heteroatoms. The van der Waals surface area contributed by atoms with E-state index in [4.69, 9.17) is 0 Å². The molecule has 0 radical (unpaired) electrons. The number of pyridine rings is 1. The zero-order valence-electron chi connectivity index (χ0n) is 9.14. The molecule has 0 unspecified atom stereocenters. The fourth-order valence-corrected chi connectivity index (χ4v) is 2.16. The van der Waals surface area contributed by atoms with Gasteiger partial charge in [-0.15, -0.1) is 0 Å². The topological polar surface area (TPSA) is 69.1 Å². The number of H-pyrrole nitrogens is 1. The van der Waals surface area contributed by atoms with Crippen molar-refractivity contribution in [2.75, 3.05) is 0 Å². The first-order valence-electron chi connectivity index (χ1n) is 5.44. The molecule has 86 valence electrons. The fourth-order valence-electron chi connectivity index (χ4n) is 2.16. The Balaban J connectivity index is 2.47. The first-order chi connectivity index (χ1) is 8.33. The number of hydrogen-bond acceptors (Lipinski definition) is 3.